The third kappa shape index (κ3) is 3.98. The van der Waals surface area contributed by atoms with Gasteiger partial charge < -0.3 is 18.9 Å². The van der Waals surface area contributed by atoms with Crippen LogP contribution in [0.15, 0.2) is 24.8 Å². The van der Waals surface area contributed by atoms with Crippen LogP contribution >= 0.6 is 0 Å². The second kappa shape index (κ2) is 6.43. The summed E-state index contributed by atoms with van der Waals surface area (Å²) in [5, 5.41) is 0. The molecule has 0 saturated carbocycles. The zero-order valence-electron chi connectivity index (χ0n) is 12.0. The minimum absolute atomic E-state index is 0.0883. The molecule has 1 aliphatic heterocycles. The number of carbonyl (C=O) groups is 1. The lowest BCUT2D eigenvalue weighted by atomic mass is 10.0. The van der Waals surface area contributed by atoms with Gasteiger partial charge in [0.25, 0.3) is 0 Å². The van der Waals surface area contributed by atoms with E-state index < -0.39 is 24.1 Å². The summed E-state index contributed by atoms with van der Waals surface area (Å²) in [6.07, 6.45) is -0.220. The fourth-order valence-corrected chi connectivity index (χ4v) is 1.92. The van der Waals surface area contributed by atoms with Crippen molar-refractivity contribution >= 4 is 5.78 Å². The van der Waals surface area contributed by atoms with Crippen LogP contribution in [0.3, 0.4) is 0 Å². The van der Waals surface area contributed by atoms with Gasteiger partial charge in [0, 0.05) is 7.11 Å². The van der Waals surface area contributed by atoms with Crippen molar-refractivity contribution in [2.45, 2.75) is 44.9 Å². The molecule has 0 spiro atoms. The lowest BCUT2D eigenvalue weighted by molar-refractivity contribution is -0.164. The molecule has 108 valence electrons. The van der Waals surface area contributed by atoms with Crippen molar-refractivity contribution in [2.75, 3.05) is 13.9 Å². The maximum atomic E-state index is 12.1. The van der Waals surface area contributed by atoms with Gasteiger partial charge >= 0.3 is 0 Å². The van der Waals surface area contributed by atoms with Gasteiger partial charge in [-0.05, 0) is 26.3 Å². The van der Waals surface area contributed by atoms with Crippen molar-refractivity contribution in [3.8, 4) is 0 Å². The molecule has 0 aromatic rings. The highest BCUT2D eigenvalue weighted by Gasteiger charge is 2.48. The Labute approximate surface area is 114 Å². The standard InChI is InChI=1S/C14H22O5/c1-7-10(17-8-16-6)12-13(11(15)9(2)3)19-14(4,5)18-12/h7,10,12-13H,1-2,8H2,3-6H3/t10-,12-,13?/m0/s1. The van der Waals surface area contributed by atoms with Gasteiger partial charge in [0.15, 0.2) is 17.7 Å². The first-order valence-corrected chi connectivity index (χ1v) is 6.11. The Morgan fingerprint density at radius 2 is 2.11 bits per heavy atom. The van der Waals surface area contributed by atoms with Crippen LogP contribution < -0.4 is 0 Å². The summed E-state index contributed by atoms with van der Waals surface area (Å²) < 4.78 is 21.7. The summed E-state index contributed by atoms with van der Waals surface area (Å²) >= 11 is 0. The molecule has 5 nitrogen and oxygen atoms in total. The highest BCUT2D eigenvalue weighted by atomic mass is 16.8. The number of hydrogen-bond acceptors (Lipinski definition) is 5. The largest absolute Gasteiger partial charge is 0.359 e. The van der Waals surface area contributed by atoms with Gasteiger partial charge in [-0.2, -0.15) is 0 Å². The van der Waals surface area contributed by atoms with Crippen LogP contribution in [0.4, 0.5) is 0 Å². The summed E-state index contributed by atoms with van der Waals surface area (Å²) in [7, 11) is 1.52. The lowest BCUT2D eigenvalue weighted by Gasteiger charge is -2.23. The highest BCUT2D eigenvalue weighted by Crippen LogP contribution is 2.32. The zero-order chi connectivity index (χ0) is 14.6. The van der Waals surface area contributed by atoms with Crippen molar-refractivity contribution in [3.63, 3.8) is 0 Å². The fraction of sp³-hybridized carbons (Fsp3) is 0.643. The predicted octanol–water partition coefficient (Wildman–Crippen LogP) is 1.83. The first-order valence-electron chi connectivity index (χ1n) is 6.11. The molecule has 1 heterocycles. The molecule has 3 atom stereocenters. The maximum Gasteiger partial charge on any atom is 0.189 e. The number of hydrogen-bond donors (Lipinski definition) is 0. The van der Waals surface area contributed by atoms with E-state index in [-0.39, 0.29) is 12.6 Å². The third-order valence-electron chi connectivity index (χ3n) is 2.74. The fourth-order valence-electron chi connectivity index (χ4n) is 1.92. The van der Waals surface area contributed by atoms with E-state index in [0.717, 1.165) is 0 Å². The molecular formula is C14H22O5. The number of ketones is 1. The van der Waals surface area contributed by atoms with E-state index in [4.69, 9.17) is 18.9 Å². The summed E-state index contributed by atoms with van der Waals surface area (Å²) in [4.78, 5) is 12.1. The molecule has 1 saturated heterocycles. The third-order valence-corrected chi connectivity index (χ3v) is 2.74. The predicted molar refractivity (Wildman–Crippen MR) is 70.6 cm³/mol. The molecule has 1 rings (SSSR count). The summed E-state index contributed by atoms with van der Waals surface area (Å²) in [6, 6.07) is 0. The van der Waals surface area contributed by atoms with E-state index in [0.29, 0.717) is 5.57 Å². The van der Waals surface area contributed by atoms with E-state index in [2.05, 4.69) is 13.2 Å². The van der Waals surface area contributed by atoms with Crippen molar-refractivity contribution < 1.29 is 23.7 Å². The highest BCUT2D eigenvalue weighted by molar-refractivity contribution is 5.98. The molecule has 1 unspecified atom stereocenters. The summed E-state index contributed by atoms with van der Waals surface area (Å²) in [5.41, 5.74) is 0.422. The molecule has 5 heteroatoms. The second-order valence-corrected chi connectivity index (χ2v) is 4.94. The van der Waals surface area contributed by atoms with Crippen molar-refractivity contribution in [2.24, 2.45) is 0 Å². The first-order chi connectivity index (χ1) is 8.82. The normalized spacial score (nSPS) is 26.9. The van der Waals surface area contributed by atoms with Gasteiger partial charge in [0.1, 0.15) is 19.0 Å². The van der Waals surface area contributed by atoms with E-state index in [9.17, 15) is 4.79 Å². The van der Waals surface area contributed by atoms with Gasteiger partial charge in [-0.15, -0.1) is 6.58 Å². The molecule has 0 N–H and O–H groups in total. The molecule has 0 bridgehead atoms. The van der Waals surface area contributed by atoms with Gasteiger partial charge in [-0.25, -0.2) is 0 Å². The maximum absolute atomic E-state index is 12.1. The number of ether oxygens (including phenoxy) is 4. The van der Waals surface area contributed by atoms with Crippen LogP contribution in [-0.2, 0) is 23.7 Å². The van der Waals surface area contributed by atoms with Gasteiger partial charge in [-0.1, -0.05) is 12.7 Å². The minimum atomic E-state index is -0.849. The van der Waals surface area contributed by atoms with Crippen LogP contribution in [-0.4, -0.2) is 43.8 Å². The van der Waals surface area contributed by atoms with E-state index >= 15 is 0 Å². The lowest BCUT2D eigenvalue weighted by Crippen LogP contribution is -2.41. The average molecular weight is 270 g/mol. The Morgan fingerprint density at radius 1 is 1.47 bits per heavy atom. The van der Waals surface area contributed by atoms with Crippen molar-refractivity contribution in [3.05, 3.63) is 24.8 Å². The van der Waals surface area contributed by atoms with E-state index in [1.165, 1.54) is 7.11 Å². The molecule has 0 aromatic carbocycles. The Morgan fingerprint density at radius 3 is 2.58 bits per heavy atom. The second-order valence-electron chi connectivity index (χ2n) is 4.94. The molecule has 0 aromatic heterocycles. The molecule has 1 fully saturated rings. The molecular weight excluding hydrogens is 248 g/mol. The summed E-state index contributed by atoms with van der Waals surface area (Å²) in [6.45, 7) is 12.6. The van der Waals surface area contributed by atoms with Crippen LogP contribution in [0.2, 0.25) is 0 Å². The Balaban J connectivity index is 2.90. The molecule has 0 amide bonds. The smallest absolute Gasteiger partial charge is 0.189 e. The zero-order valence-corrected chi connectivity index (χ0v) is 12.0. The van der Waals surface area contributed by atoms with Crippen LogP contribution in [0.25, 0.3) is 0 Å². The minimum Gasteiger partial charge on any atom is -0.359 e. The topological polar surface area (TPSA) is 54.0 Å². The number of methoxy groups -OCH3 is 1. The summed E-state index contributed by atoms with van der Waals surface area (Å²) in [5.74, 6) is -1.04. The number of Topliss-reactive ketones (excluding diaryl/α,β-unsaturated/α-hetero) is 1. The monoisotopic (exact) mass is 270 g/mol. The average Bonchev–Trinajstić information content (AvgIpc) is 2.65. The Kier molecular flexibility index (Phi) is 5.43. The first kappa shape index (κ1) is 16.0. The quantitative estimate of drug-likeness (QED) is 0.401. The molecule has 19 heavy (non-hydrogen) atoms. The van der Waals surface area contributed by atoms with Crippen LogP contribution in [0, 0.1) is 0 Å². The number of rotatable bonds is 7. The van der Waals surface area contributed by atoms with Gasteiger partial charge in [-0.3, -0.25) is 4.79 Å². The SMILES string of the molecule is C=C[C@H](OCOC)[C@@H]1OC(C)(C)OC1C(=O)C(=C)C. The molecule has 0 aliphatic carbocycles. The molecule has 1 aliphatic rings. The van der Waals surface area contributed by atoms with Crippen molar-refractivity contribution in [1.82, 2.24) is 0 Å². The van der Waals surface area contributed by atoms with Crippen LogP contribution in [0.1, 0.15) is 20.8 Å². The number of carbonyl (C=O) groups excluding carboxylic acids is 1. The Hall–Kier alpha value is -1.01. The van der Waals surface area contributed by atoms with Gasteiger partial charge in [0.2, 0.25) is 0 Å². The van der Waals surface area contributed by atoms with Gasteiger partial charge in [0.05, 0.1) is 0 Å². The van der Waals surface area contributed by atoms with Crippen molar-refractivity contribution in [1.29, 1.82) is 0 Å². The van der Waals surface area contributed by atoms with Crippen LogP contribution in [0.5, 0.6) is 0 Å². The molecule has 0 radical (unpaired) electrons. The van der Waals surface area contributed by atoms with E-state index in [1.807, 2.05) is 0 Å². The Bertz CT molecular complexity index is 361. The van der Waals surface area contributed by atoms with E-state index in [1.54, 1.807) is 26.8 Å².